The predicted octanol–water partition coefficient (Wildman–Crippen LogP) is 2.06. The topological polar surface area (TPSA) is 49.8 Å². The standard InChI is InChI=1S/C8H10N2O/c1-3-6(2)8-10-7(4-9)5-11-8/h5-6H,3H2,1-2H3/t6-/m1/s1. The third kappa shape index (κ3) is 1.58. The maximum Gasteiger partial charge on any atom is 0.198 e. The second-order valence-electron chi connectivity index (χ2n) is 2.49. The molecule has 1 aromatic rings. The molecule has 0 unspecified atom stereocenters. The fourth-order valence-electron chi connectivity index (χ4n) is 0.740. The highest BCUT2D eigenvalue weighted by atomic mass is 16.3. The minimum atomic E-state index is 0.303. The summed E-state index contributed by atoms with van der Waals surface area (Å²) < 4.78 is 5.07. The van der Waals surface area contributed by atoms with Gasteiger partial charge in [0.2, 0.25) is 0 Å². The Morgan fingerprint density at radius 3 is 3.00 bits per heavy atom. The lowest BCUT2D eigenvalue weighted by molar-refractivity contribution is 0.453. The second kappa shape index (κ2) is 3.20. The molecule has 0 aliphatic rings. The van der Waals surface area contributed by atoms with Gasteiger partial charge in [0, 0.05) is 5.92 Å². The predicted molar refractivity (Wildman–Crippen MR) is 39.9 cm³/mol. The summed E-state index contributed by atoms with van der Waals surface area (Å²) in [6.07, 6.45) is 2.37. The van der Waals surface area contributed by atoms with Gasteiger partial charge in [-0.1, -0.05) is 13.8 Å². The first-order chi connectivity index (χ1) is 5.27. The number of nitriles is 1. The normalized spacial score (nSPS) is 12.5. The van der Waals surface area contributed by atoms with Crippen molar-refractivity contribution in [3.63, 3.8) is 0 Å². The van der Waals surface area contributed by atoms with Crippen molar-refractivity contribution in [3.05, 3.63) is 17.8 Å². The molecule has 0 fully saturated rings. The first-order valence-corrected chi connectivity index (χ1v) is 3.63. The Hall–Kier alpha value is -1.30. The Morgan fingerprint density at radius 2 is 2.55 bits per heavy atom. The van der Waals surface area contributed by atoms with Crippen LogP contribution in [0.3, 0.4) is 0 Å². The van der Waals surface area contributed by atoms with Gasteiger partial charge in [-0.2, -0.15) is 5.26 Å². The maximum atomic E-state index is 8.43. The number of aromatic nitrogens is 1. The van der Waals surface area contributed by atoms with Gasteiger partial charge in [-0.25, -0.2) is 4.98 Å². The Bertz CT molecular complexity index is 272. The molecule has 0 saturated carbocycles. The fraction of sp³-hybridized carbons (Fsp3) is 0.500. The largest absolute Gasteiger partial charge is 0.447 e. The van der Waals surface area contributed by atoms with Gasteiger partial charge in [0.1, 0.15) is 12.3 Å². The summed E-state index contributed by atoms with van der Waals surface area (Å²) >= 11 is 0. The molecule has 1 aromatic heterocycles. The van der Waals surface area contributed by atoms with Crippen molar-refractivity contribution in [1.82, 2.24) is 4.98 Å². The van der Waals surface area contributed by atoms with Crippen molar-refractivity contribution in [1.29, 1.82) is 5.26 Å². The summed E-state index contributed by atoms with van der Waals surface area (Å²) in [7, 11) is 0. The molecule has 0 aliphatic carbocycles. The molecule has 1 rings (SSSR count). The van der Waals surface area contributed by atoms with Crippen molar-refractivity contribution >= 4 is 0 Å². The van der Waals surface area contributed by atoms with Crippen LogP contribution in [0.1, 0.15) is 37.8 Å². The Morgan fingerprint density at radius 1 is 1.82 bits per heavy atom. The van der Waals surface area contributed by atoms with E-state index >= 15 is 0 Å². The summed E-state index contributed by atoms with van der Waals surface area (Å²) in [5.41, 5.74) is 0.361. The van der Waals surface area contributed by atoms with Crippen LogP contribution in [0.15, 0.2) is 10.7 Å². The molecular weight excluding hydrogens is 140 g/mol. The maximum absolute atomic E-state index is 8.43. The van der Waals surface area contributed by atoms with Crippen molar-refractivity contribution < 1.29 is 4.42 Å². The summed E-state index contributed by atoms with van der Waals surface area (Å²) in [5, 5.41) is 8.43. The van der Waals surface area contributed by atoms with E-state index in [1.165, 1.54) is 6.26 Å². The Kier molecular flexibility index (Phi) is 2.27. The van der Waals surface area contributed by atoms with Crippen LogP contribution < -0.4 is 0 Å². The lowest BCUT2D eigenvalue weighted by Crippen LogP contribution is -1.90. The van der Waals surface area contributed by atoms with Crippen LogP contribution in [-0.4, -0.2) is 4.98 Å². The van der Waals surface area contributed by atoms with E-state index < -0.39 is 0 Å². The lowest BCUT2D eigenvalue weighted by Gasteiger charge is -1.99. The number of rotatable bonds is 2. The van der Waals surface area contributed by atoms with Crippen LogP contribution in [0.4, 0.5) is 0 Å². The minimum absolute atomic E-state index is 0.303. The zero-order valence-corrected chi connectivity index (χ0v) is 6.66. The highest BCUT2D eigenvalue weighted by Gasteiger charge is 2.09. The van der Waals surface area contributed by atoms with Gasteiger partial charge in [0.25, 0.3) is 0 Å². The molecule has 0 N–H and O–H groups in total. The SMILES string of the molecule is CC[C@@H](C)c1nc(C#N)co1. The number of nitrogens with zero attached hydrogens (tertiary/aromatic N) is 2. The lowest BCUT2D eigenvalue weighted by atomic mass is 10.1. The molecule has 0 bridgehead atoms. The van der Waals surface area contributed by atoms with E-state index in [9.17, 15) is 0 Å². The van der Waals surface area contributed by atoms with Crippen molar-refractivity contribution in [2.75, 3.05) is 0 Å². The summed E-state index contributed by atoms with van der Waals surface area (Å²) in [6.45, 7) is 4.08. The Balaban J connectivity index is 2.82. The van der Waals surface area contributed by atoms with E-state index in [0.717, 1.165) is 6.42 Å². The van der Waals surface area contributed by atoms with Gasteiger partial charge in [0.05, 0.1) is 0 Å². The monoisotopic (exact) mass is 150 g/mol. The molecule has 1 heterocycles. The number of hydrogen-bond acceptors (Lipinski definition) is 3. The molecule has 0 spiro atoms. The van der Waals surface area contributed by atoms with Crippen LogP contribution in [0.25, 0.3) is 0 Å². The summed E-state index contributed by atoms with van der Waals surface area (Å²) in [6, 6.07) is 1.92. The van der Waals surface area contributed by atoms with Gasteiger partial charge in [-0.15, -0.1) is 0 Å². The molecule has 58 valence electrons. The number of hydrogen-bond donors (Lipinski definition) is 0. The molecule has 3 nitrogen and oxygen atoms in total. The molecule has 0 amide bonds. The zero-order valence-electron chi connectivity index (χ0n) is 6.66. The quantitative estimate of drug-likeness (QED) is 0.648. The van der Waals surface area contributed by atoms with Crippen molar-refractivity contribution in [2.45, 2.75) is 26.2 Å². The Labute approximate surface area is 65.7 Å². The molecule has 0 aromatic carbocycles. The highest BCUT2D eigenvalue weighted by molar-refractivity contribution is 5.15. The molecule has 0 aliphatic heterocycles. The first kappa shape index (κ1) is 7.80. The van der Waals surface area contributed by atoms with E-state index in [2.05, 4.69) is 11.9 Å². The van der Waals surface area contributed by atoms with E-state index in [1.54, 1.807) is 0 Å². The van der Waals surface area contributed by atoms with Crippen LogP contribution in [0.5, 0.6) is 0 Å². The smallest absolute Gasteiger partial charge is 0.198 e. The second-order valence-corrected chi connectivity index (χ2v) is 2.49. The van der Waals surface area contributed by atoms with Crippen molar-refractivity contribution in [2.24, 2.45) is 0 Å². The van der Waals surface area contributed by atoms with Crippen LogP contribution in [0.2, 0.25) is 0 Å². The fourth-order valence-corrected chi connectivity index (χ4v) is 0.740. The molecule has 11 heavy (non-hydrogen) atoms. The molecular formula is C8H10N2O. The van der Waals surface area contributed by atoms with E-state index in [4.69, 9.17) is 9.68 Å². The molecule has 1 atom stereocenters. The number of oxazole rings is 1. The summed E-state index contributed by atoms with van der Waals surface area (Å²) in [4.78, 5) is 3.97. The van der Waals surface area contributed by atoms with Gasteiger partial charge in [-0.05, 0) is 6.42 Å². The van der Waals surface area contributed by atoms with Gasteiger partial charge in [-0.3, -0.25) is 0 Å². The first-order valence-electron chi connectivity index (χ1n) is 3.63. The highest BCUT2D eigenvalue weighted by Crippen LogP contribution is 2.16. The third-order valence-electron chi connectivity index (χ3n) is 1.67. The molecule has 0 saturated heterocycles. The van der Waals surface area contributed by atoms with E-state index in [1.807, 2.05) is 13.0 Å². The zero-order chi connectivity index (χ0) is 8.27. The van der Waals surface area contributed by atoms with Crippen LogP contribution in [-0.2, 0) is 0 Å². The van der Waals surface area contributed by atoms with Crippen molar-refractivity contribution in [3.8, 4) is 6.07 Å². The molecule has 3 heteroatoms. The van der Waals surface area contributed by atoms with E-state index in [0.29, 0.717) is 17.5 Å². The third-order valence-corrected chi connectivity index (χ3v) is 1.67. The average Bonchev–Trinajstić information content (AvgIpc) is 2.50. The van der Waals surface area contributed by atoms with Gasteiger partial charge >= 0.3 is 0 Å². The van der Waals surface area contributed by atoms with Crippen LogP contribution in [0, 0.1) is 11.3 Å². The summed E-state index contributed by atoms with van der Waals surface area (Å²) in [5.74, 6) is 0.959. The average molecular weight is 150 g/mol. The minimum Gasteiger partial charge on any atom is -0.447 e. The molecule has 0 radical (unpaired) electrons. The van der Waals surface area contributed by atoms with Crippen LogP contribution >= 0.6 is 0 Å². The van der Waals surface area contributed by atoms with Gasteiger partial charge in [0.15, 0.2) is 11.6 Å². The van der Waals surface area contributed by atoms with E-state index in [-0.39, 0.29) is 0 Å². The van der Waals surface area contributed by atoms with Gasteiger partial charge < -0.3 is 4.42 Å².